The number of rotatable bonds is 6. The molecule has 1 unspecified atom stereocenters. The predicted octanol–water partition coefficient (Wildman–Crippen LogP) is 6.94. The molecule has 1 fully saturated rings. The largest absolute Gasteiger partial charge is 0.278 e. The van der Waals surface area contributed by atoms with Gasteiger partial charge in [-0.25, -0.2) is 0 Å². The van der Waals surface area contributed by atoms with E-state index in [1.165, 1.54) is 39.4 Å². The number of hydrogen-bond acceptors (Lipinski definition) is 1. The van der Waals surface area contributed by atoms with E-state index in [9.17, 15) is 0 Å². The third kappa shape index (κ3) is 3.34. The van der Waals surface area contributed by atoms with Crippen LogP contribution in [-0.4, -0.2) is 10.2 Å². The first-order valence-electron chi connectivity index (χ1n) is 9.82. The van der Waals surface area contributed by atoms with Crippen molar-refractivity contribution in [2.24, 2.45) is 5.92 Å². The van der Waals surface area contributed by atoms with Crippen molar-refractivity contribution in [3.63, 3.8) is 0 Å². The highest BCUT2D eigenvalue weighted by atomic mass is 79.9. The van der Waals surface area contributed by atoms with Gasteiger partial charge in [-0.2, -0.15) is 5.10 Å². The number of halogens is 1. The average Bonchev–Trinajstić information content (AvgIpc) is 3.35. The third-order valence-electron chi connectivity index (χ3n) is 5.61. The molecule has 136 valence electrons. The molecule has 1 N–H and O–H groups in total. The SMILES string of the molecule is CCC(c1ccc(Br)cc1C1CC1)c1ccc2[nH]ncc2c1CC(C)C. The Hall–Kier alpha value is -1.61. The van der Waals surface area contributed by atoms with Crippen molar-refractivity contribution in [3.8, 4) is 0 Å². The first-order valence-corrected chi connectivity index (χ1v) is 10.6. The molecule has 1 saturated carbocycles. The van der Waals surface area contributed by atoms with Crippen molar-refractivity contribution in [2.75, 3.05) is 0 Å². The molecule has 0 aliphatic heterocycles. The zero-order valence-electron chi connectivity index (χ0n) is 15.8. The van der Waals surface area contributed by atoms with Crippen LogP contribution in [0.5, 0.6) is 0 Å². The number of H-pyrrole nitrogens is 1. The Kier molecular flexibility index (Phi) is 4.92. The minimum absolute atomic E-state index is 0.451. The van der Waals surface area contributed by atoms with Crippen LogP contribution < -0.4 is 0 Å². The fourth-order valence-corrected chi connectivity index (χ4v) is 4.65. The van der Waals surface area contributed by atoms with Gasteiger partial charge in [-0.1, -0.05) is 48.8 Å². The van der Waals surface area contributed by atoms with Gasteiger partial charge in [0.2, 0.25) is 0 Å². The number of hydrogen-bond donors (Lipinski definition) is 1. The summed E-state index contributed by atoms with van der Waals surface area (Å²) in [5.41, 5.74) is 7.18. The molecule has 1 heterocycles. The summed E-state index contributed by atoms with van der Waals surface area (Å²) in [6.07, 6.45) is 6.89. The van der Waals surface area contributed by atoms with Gasteiger partial charge < -0.3 is 0 Å². The van der Waals surface area contributed by atoms with Crippen LogP contribution in [0.15, 0.2) is 41.0 Å². The van der Waals surface area contributed by atoms with Crippen LogP contribution in [0, 0.1) is 5.92 Å². The van der Waals surface area contributed by atoms with Crippen LogP contribution in [0.1, 0.15) is 74.1 Å². The summed E-state index contributed by atoms with van der Waals surface area (Å²) in [4.78, 5) is 0. The second-order valence-electron chi connectivity index (χ2n) is 8.07. The second kappa shape index (κ2) is 7.19. The maximum atomic E-state index is 4.30. The molecule has 0 saturated heterocycles. The van der Waals surface area contributed by atoms with Crippen molar-refractivity contribution in [1.29, 1.82) is 0 Å². The Balaban J connectivity index is 1.87. The first kappa shape index (κ1) is 17.8. The van der Waals surface area contributed by atoms with Gasteiger partial charge in [0, 0.05) is 15.8 Å². The standard InChI is InChI=1S/C23H27BrN2/c1-4-17(18-8-7-16(24)12-20(18)15-5-6-15)19-9-10-23-22(13-25-26-23)21(19)11-14(2)3/h7-10,12-15,17H,4-6,11H2,1-3H3,(H,25,26). The first-order chi connectivity index (χ1) is 12.6. The molecule has 1 aliphatic carbocycles. The monoisotopic (exact) mass is 410 g/mol. The molecule has 0 bridgehead atoms. The summed E-state index contributed by atoms with van der Waals surface area (Å²) < 4.78 is 1.20. The van der Waals surface area contributed by atoms with E-state index < -0.39 is 0 Å². The van der Waals surface area contributed by atoms with Gasteiger partial charge in [-0.15, -0.1) is 0 Å². The van der Waals surface area contributed by atoms with Crippen molar-refractivity contribution >= 4 is 26.8 Å². The van der Waals surface area contributed by atoms with Crippen LogP contribution in [0.25, 0.3) is 10.9 Å². The normalized spacial score (nSPS) is 15.7. The Morgan fingerprint density at radius 2 is 1.92 bits per heavy atom. The zero-order chi connectivity index (χ0) is 18.3. The van der Waals surface area contributed by atoms with E-state index in [1.807, 2.05) is 6.20 Å². The molecule has 1 atom stereocenters. The molecule has 26 heavy (non-hydrogen) atoms. The van der Waals surface area contributed by atoms with E-state index in [0.717, 1.165) is 24.3 Å². The number of nitrogens with one attached hydrogen (secondary N) is 1. The van der Waals surface area contributed by atoms with Gasteiger partial charge in [0.05, 0.1) is 11.7 Å². The lowest BCUT2D eigenvalue weighted by Crippen LogP contribution is -2.09. The van der Waals surface area contributed by atoms with E-state index in [1.54, 1.807) is 5.56 Å². The molecule has 4 rings (SSSR count). The van der Waals surface area contributed by atoms with E-state index >= 15 is 0 Å². The van der Waals surface area contributed by atoms with E-state index in [0.29, 0.717) is 11.8 Å². The summed E-state index contributed by atoms with van der Waals surface area (Å²) >= 11 is 3.68. The van der Waals surface area contributed by atoms with Crippen LogP contribution >= 0.6 is 15.9 Å². The van der Waals surface area contributed by atoms with Gasteiger partial charge in [-0.05, 0) is 78.0 Å². The van der Waals surface area contributed by atoms with Crippen LogP contribution in [0.3, 0.4) is 0 Å². The lowest BCUT2D eigenvalue weighted by atomic mass is 9.80. The van der Waals surface area contributed by atoms with Gasteiger partial charge in [0.25, 0.3) is 0 Å². The fraction of sp³-hybridized carbons (Fsp3) is 0.435. The van der Waals surface area contributed by atoms with Crippen LogP contribution in [0.4, 0.5) is 0 Å². The molecule has 0 radical (unpaired) electrons. The lowest BCUT2D eigenvalue weighted by Gasteiger charge is -2.24. The van der Waals surface area contributed by atoms with E-state index in [4.69, 9.17) is 0 Å². The van der Waals surface area contributed by atoms with Gasteiger partial charge in [0.15, 0.2) is 0 Å². The number of nitrogens with zero attached hydrogens (tertiary/aromatic N) is 1. The number of fused-ring (bicyclic) bond motifs is 1. The van der Waals surface area contributed by atoms with Crippen molar-refractivity contribution in [3.05, 3.63) is 63.3 Å². The molecule has 1 aromatic heterocycles. The van der Waals surface area contributed by atoms with Crippen molar-refractivity contribution in [2.45, 2.75) is 58.3 Å². The summed E-state index contributed by atoms with van der Waals surface area (Å²) in [5.74, 6) is 1.83. The lowest BCUT2D eigenvalue weighted by molar-refractivity contribution is 0.638. The summed E-state index contributed by atoms with van der Waals surface area (Å²) in [5, 5.41) is 8.74. The Morgan fingerprint density at radius 3 is 2.62 bits per heavy atom. The highest BCUT2D eigenvalue weighted by molar-refractivity contribution is 9.10. The number of aromatic amines is 1. The van der Waals surface area contributed by atoms with E-state index in [2.05, 4.69) is 77.2 Å². The smallest absolute Gasteiger partial charge is 0.0653 e. The molecule has 0 spiro atoms. The molecule has 2 nitrogen and oxygen atoms in total. The Morgan fingerprint density at radius 1 is 1.15 bits per heavy atom. The summed E-state index contributed by atoms with van der Waals surface area (Å²) in [6, 6.07) is 11.5. The highest BCUT2D eigenvalue weighted by Crippen LogP contribution is 2.46. The van der Waals surface area contributed by atoms with Crippen LogP contribution in [-0.2, 0) is 6.42 Å². The molecular formula is C23H27BrN2. The van der Waals surface area contributed by atoms with Gasteiger partial charge >= 0.3 is 0 Å². The predicted molar refractivity (Wildman–Crippen MR) is 113 cm³/mol. The maximum absolute atomic E-state index is 4.30. The topological polar surface area (TPSA) is 28.7 Å². The van der Waals surface area contributed by atoms with Crippen LogP contribution in [0.2, 0.25) is 0 Å². The fourth-order valence-electron chi connectivity index (χ4n) is 4.27. The van der Waals surface area contributed by atoms with Crippen molar-refractivity contribution < 1.29 is 0 Å². The van der Waals surface area contributed by atoms with Gasteiger partial charge in [0.1, 0.15) is 0 Å². The molecule has 1 aliphatic rings. The minimum atomic E-state index is 0.451. The van der Waals surface area contributed by atoms with Crippen molar-refractivity contribution in [1.82, 2.24) is 10.2 Å². The summed E-state index contributed by atoms with van der Waals surface area (Å²) in [7, 11) is 0. The highest BCUT2D eigenvalue weighted by Gasteiger charge is 2.29. The Labute approximate surface area is 164 Å². The average molecular weight is 411 g/mol. The minimum Gasteiger partial charge on any atom is -0.278 e. The molecular weight excluding hydrogens is 384 g/mol. The molecule has 2 aromatic carbocycles. The maximum Gasteiger partial charge on any atom is 0.0653 e. The number of benzene rings is 2. The number of aromatic nitrogens is 2. The Bertz CT molecular complexity index is 921. The molecule has 3 aromatic rings. The van der Waals surface area contributed by atoms with Gasteiger partial charge in [-0.3, -0.25) is 5.10 Å². The second-order valence-corrected chi connectivity index (χ2v) is 8.99. The molecule has 3 heteroatoms. The van der Waals surface area contributed by atoms with E-state index in [-0.39, 0.29) is 0 Å². The molecule has 0 amide bonds. The third-order valence-corrected chi connectivity index (χ3v) is 6.10. The zero-order valence-corrected chi connectivity index (χ0v) is 17.4. The quantitative estimate of drug-likeness (QED) is 0.467. The summed E-state index contributed by atoms with van der Waals surface area (Å²) in [6.45, 7) is 6.93.